The molecule has 0 rings (SSSR count). The van der Waals surface area contributed by atoms with Crippen LogP contribution in [0.1, 0.15) is 91.9 Å². The van der Waals surface area contributed by atoms with Crippen molar-refractivity contribution in [3.63, 3.8) is 0 Å². The molecule has 6 nitrogen and oxygen atoms in total. The summed E-state index contributed by atoms with van der Waals surface area (Å²) in [6.07, 6.45) is 9.53. The van der Waals surface area contributed by atoms with Crippen molar-refractivity contribution in [2.24, 2.45) is 35.1 Å². The minimum Gasteiger partial charge on any atom is -0.548 e. The van der Waals surface area contributed by atoms with E-state index in [-0.39, 0.29) is 41.4 Å². The maximum atomic E-state index is 11.3. The van der Waals surface area contributed by atoms with Gasteiger partial charge in [-0.1, -0.05) is 72.6 Å². The Kier molecular flexibility index (Phi) is 18.8. The zero-order valence-corrected chi connectivity index (χ0v) is 21.4. The van der Waals surface area contributed by atoms with Crippen molar-refractivity contribution in [3.05, 3.63) is 0 Å². The molecule has 5 unspecified atom stereocenters. The smallest absolute Gasteiger partial charge is 0.548 e. The van der Waals surface area contributed by atoms with Gasteiger partial charge in [0.05, 0.1) is 5.97 Å². The number of carbonyl (C=O) groups excluding carboxylic acids is 1. The standard InChI is InChI=1S/C22H44N2O4.Na/c1-15(2)8-5-12-18(20(24)22(27)28)13-7-10-16(3)9-6-11-17(4)14-19(23)21(25)26;/h15-20H,5-14,23-24H2,1-4H3,(H,25,26)(H,27,28);/q;+1/p-1. The summed E-state index contributed by atoms with van der Waals surface area (Å²) in [6.45, 7) is 8.62. The van der Waals surface area contributed by atoms with E-state index in [1.54, 1.807) is 0 Å². The second kappa shape index (κ2) is 17.5. The molecule has 0 radical (unpaired) electrons. The number of carboxylic acids is 2. The number of carboxylic acid groups (broad SMARTS) is 2. The van der Waals surface area contributed by atoms with Crippen LogP contribution in [0.25, 0.3) is 0 Å². The summed E-state index contributed by atoms with van der Waals surface area (Å²) in [5.41, 5.74) is 11.4. The summed E-state index contributed by atoms with van der Waals surface area (Å²) < 4.78 is 0. The Bertz CT molecular complexity index is 449. The third-order valence-corrected chi connectivity index (χ3v) is 5.77. The van der Waals surface area contributed by atoms with Gasteiger partial charge in [-0.25, -0.2) is 0 Å². The molecule has 29 heavy (non-hydrogen) atoms. The van der Waals surface area contributed by atoms with E-state index in [2.05, 4.69) is 20.8 Å². The van der Waals surface area contributed by atoms with Crippen LogP contribution in [0.4, 0.5) is 0 Å². The first kappa shape index (κ1) is 31.0. The molecule has 5 N–H and O–H groups in total. The molecule has 0 saturated carbocycles. The molecule has 0 amide bonds. The molecule has 0 aromatic heterocycles. The average Bonchev–Trinajstić information content (AvgIpc) is 2.59. The van der Waals surface area contributed by atoms with Crippen LogP contribution in [-0.2, 0) is 9.59 Å². The number of carbonyl (C=O) groups is 2. The fourth-order valence-corrected chi connectivity index (χ4v) is 3.83. The molecule has 0 aliphatic rings. The Morgan fingerprint density at radius 2 is 1.28 bits per heavy atom. The van der Waals surface area contributed by atoms with E-state index in [9.17, 15) is 19.8 Å². The zero-order valence-electron chi connectivity index (χ0n) is 19.4. The molecule has 0 aliphatic carbocycles. The Balaban J connectivity index is 0. The number of hydrogen-bond donors (Lipinski definition) is 3. The van der Waals surface area contributed by atoms with Gasteiger partial charge < -0.3 is 26.5 Å². The zero-order chi connectivity index (χ0) is 21.7. The maximum Gasteiger partial charge on any atom is 1.00 e. The van der Waals surface area contributed by atoms with Crippen LogP contribution in [0.15, 0.2) is 0 Å². The van der Waals surface area contributed by atoms with Crippen molar-refractivity contribution >= 4 is 11.9 Å². The van der Waals surface area contributed by atoms with Crippen LogP contribution in [0.3, 0.4) is 0 Å². The summed E-state index contributed by atoms with van der Waals surface area (Å²) in [7, 11) is 0. The van der Waals surface area contributed by atoms with Crippen LogP contribution < -0.4 is 46.1 Å². The van der Waals surface area contributed by atoms with Crippen molar-refractivity contribution in [3.8, 4) is 0 Å². The molecule has 0 aliphatic heterocycles. The van der Waals surface area contributed by atoms with Gasteiger partial charge in [0, 0.05) is 6.04 Å². The second-order valence-corrected chi connectivity index (χ2v) is 9.18. The van der Waals surface area contributed by atoms with Crippen LogP contribution in [-0.4, -0.2) is 29.1 Å². The quantitative estimate of drug-likeness (QED) is 0.281. The molecule has 0 bridgehead atoms. The monoisotopic (exact) mass is 422 g/mol. The summed E-state index contributed by atoms with van der Waals surface area (Å²) >= 11 is 0. The van der Waals surface area contributed by atoms with Gasteiger partial charge in [-0.3, -0.25) is 4.79 Å². The minimum atomic E-state index is -1.18. The molecular formula is C22H43N2NaO4. The largest absolute Gasteiger partial charge is 1.00 e. The Labute approximate surface area is 199 Å². The van der Waals surface area contributed by atoms with Crippen LogP contribution >= 0.6 is 0 Å². The van der Waals surface area contributed by atoms with Gasteiger partial charge in [-0.15, -0.1) is 0 Å². The van der Waals surface area contributed by atoms with E-state index in [0.29, 0.717) is 18.3 Å². The van der Waals surface area contributed by atoms with E-state index in [0.717, 1.165) is 57.8 Å². The van der Waals surface area contributed by atoms with Gasteiger partial charge >= 0.3 is 35.5 Å². The van der Waals surface area contributed by atoms with Crippen molar-refractivity contribution in [2.75, 3.05) is 0 Å². The average molecular weight is 423 g/mol. The second-order valence-electron chi connectivity index (χ2n) is 9.18. The Morgan fingerprint density at radius 3 is 1.72 bits per heavy atom. The van der Waals surface area contributed by atoms with Crippen molar-refractivity contribution in [1.82, 2.24) is 0 Å². The van der Waals surface area contributed by atoms with E-state index >= 15 is 0 Å². The number of aliphatic carboxylic acids is 2. The van der Waals surface area contributed by atoms with Gasteiger partial charge in [-0.2, -0.15) is 0 Å². The molecule has 0 aromatic rings. The van der Waals surface area contributed by atoms with Gasteiger partial charge in [0.25, 0.3) is 0 Å². The normalized spacial score (nSPS) is 16.5. The summed E-state index contributed by atoms with van der Waals surface area (Å²) in [5.74, 6) is -0.549. The number of nitrogens with two attached hydrogens (primary N) is 2. The Hall–Kier alpha value is -0.140. The van der Waals surface area contributed by atoms with Gasteiger partial charge in [0.15, 0.2) is 0 Å². The van der Waals surface area contributed by atoms with E-state index < -0.39 is 24.0 Å². The summed E-state index contributed by atoms with van der Waals surface area (Å²) in [4.78, 5) is 22.0. The molecule has 0 spiro atoms. The number of hydrogen-bond acceptors (Lipinski definition) is 5. The fraction of sp³-hybridized carbons (Fsp3) is 0.909. The molecule has 0 aromatic carbocycles. The van der Waals surface area contributed by atoms with Crippen LogP contribution in [0.2, 0.25) is 0 Å². The molecule has 0 heterocycles. The third-order valence-electron chi connectivity index (χ3n) is 5.77. The van der Waals surface area contributed by atoms with Crippen molar-refractivity contribution in [2.45, 2.75) is 104 Å². The first-order valence-corrected chi connectivity index (χ1v) is 11.0. The Morgan fingerprint density at radius 1 is 0.828 bits per heavy atom. The van der Waals surface area contributed by atoms with E-state index in [1.807, 2.05) is 6.92 Å². The summed E-state index contributed by atoms with van der Waals surface area (Å²) in [5, 5.41) is 20.0. The van der Waals surface area contributed by atoms with Crippen LogP contribution in [0, 0.1) is 23.7 Å². The maximum absolute atomic E-state index is 11.3. The molecular weight excluding hydrogens is 379 g/mol. The molecule has 5 atom stereocenters. The van der Waals surface area contributed by atoms with E-state index in [1.165, 1.54) is 0 Å². The third kappa shape index (κ3) is 16.3. The fourth-order valence-electron chi connectivity index (χ4n) is 3.83. The SMILES string of the molecule is CC(C)CCCC(CCCC(C)CCCC(C)CC(N)C(=O)[O-])C(N)C(=O)O.[Na+]. The van der Waals surface area contributed by atoms with Crippen LogP contribution in [0.5, 0.6) is 0 Å². The molecule has 0 fully saturated rings. The topological polar surface area (TPSA) is 129 Å². The molecule has 0 saturated heterocycles. The number of rotatable bonds is 17. The van der Waals surface area contributed by atoms with Gasteiger partial charge in [0.2, 0.25) is 0 Å². The first-order chi connectivity index (χ1) is 13.0. The van der Waals surface area contributed by atoms with Crippen molar-refractivity contribution in [1.29, 1.82) is 0 Å². The van der Waals surface area contributed by atoms with Crippen molar-refractivity contribution < 1.29 is 49.4 Å². The first-order valence-electron chi connectivity index (χ1n) is 11.0. The molecule has 7 heteroatoms. The van der Waals surface area contributed by atoms with E-state index in [4.69, 9.17) is 11.5 Å². The summed E-state index contributed by atoms with van der Waals surface area (Å²) in [6, 6.07) is -1.64. The van der Waals surface area contributed by atoms with Gasteiger partial charge in [0.1, 0.15) is 6.04 Å². The predicted octanol–water partition coefficient (Wildman–Crippen LogP) is -0.0751. The van der Waals surface area contributed by atoms with Gasteiger partial charge in [-0.05, 0) is 42.9 Å². The minimum absolute atomic E-state index is 0. The predicted molar refractivity (Wildman–Crippen MR) is 111 cm³/mol. The molecule has 166 valence electrons.